The molecular weight excluding hydrogens is 323 g/mol. The van der Waals surface area contributed by atoms with Gasteiger partial charge in [0.25, 0.3) is 0 Å². The molecule has 2 rings (SSSR count). The van der Waals surface area contributed by atoms with Gasteiger partial charge in [0, 0.05) is 0 Å². The summed E-state index contributed by atoms with van der Waals surface area (Å²) in [5.41, 5.74) is 0.749. The van der Waals surface area contributed by atoms with Crippen LogP contribution < -0.4 is 10.6 Å². The fourth-order valence-corrected chi connectivity index (χ4v) is 8.05. The molecule has 0 spiro atoms. The van der Waals surface area contributed by atoms with Crippen molar-refractivity contribution in [3.63, 3.8) is 0 Å². The predicted octanol–water partition coefficient (Wildman–Crippen LogP) is 1.33. The molecule has 1 heterocycles. The quantitative estimate of drug-likeness (QED) is 0.660. The first kappa shape index (κ1) is 17.3. The molecular formula is C14H22ClN4O2P. The van der Waals surface area contributed by atoms with Crippen molar-refractivity contribution < 1.29 is 9.59 Å². The minimum atomic E-state index is -3.47. The Labute approximate surface area is 135 Å². The third kappa shape index (κ3) is 1.88. The number of nitrogens with zero attached hydrogens (tertiary/aromatic N) is 3. The molecule has 1 N–H and O–H groups in total. The molecule has 0 unspecified atom stereocenters. The second kappa shape index (κ2) is 5.25. The Hall–Kier alpha value is -1.04. The normalized spacial score (nSPS) is 16.9. The number of carbonyl (C=O) groups excluding carboxylic acids is 2. The molecule has 22 heavy (non-hydrogen) atoms. The summed E-state index contributed by atoms with van der Waals surface area (Å²) in [7, 11) is 11.3. The van der Waals surface area contributed by atoms with Crippen LogP contribution in [0.25, 0.3) is 0 Å². The van der Waals surface area contributed by atoms with Crippen LogP contribution in [0.15, 0.2) is 18.2 Å². The summed E-state index contributed by atoms with van der Waals surface area (Å²) < 4.78 is 5.83. The second-order valence-electron chi connectivity index (χ2n) is 5.90. The molecule has 2 amide bonds. The van der Waals surface area contributed by atoms with Crippen LogP contribution in [0.5, 0.6) is 0 Å². The topological polar surface area (TPSA) is 55.9 Å². The van der Waals surface area contributed by atoms with Crippen LogP contribution >= 0.6 is 17.6 Å². The van der Waals surface area contributed by atoms with Crippen LogP contribution in [0.3, 0.4) is 0 Å². The van der Waals surface area contributed by atoms with Crippen molar-refractivity contribution in [1.82, 2.24) is 19.3 Å². The van der Waals surface area contributed by atoms with Crippen molar-refractivity contribution >= 4 is 34.8 Å². The van der Waals surface area contributed by atoms with Crippen LogP contribution in [0.4, 0.5) is 0 Å². The first-order chi connectivity index (χ1) is 10.1. The van der Waals surface area contributed by atoms with E-state index in [4.69, 9.17) is 11.2 Å². The number of rotatable bonds is 4. The van der Waals surface area contributed by atoms with Crippen molar-refractivity contribution in [2.24, 2.45) is 0 Å². The molecule has 1 aliphatic heterocycles. The summed E-state index contributed by atoms with van der Waals surface area (Å²) in [6, 6.07) is 5.26. The molecule has 0 fully saturated rings. The van der Waals surface area contributed by atoms with Gasteiger partial charge in [-0.15, -0.1) is 0 Å². The summed E-state index contributed by atoms with van der Waals surface area (Å²) in [6.45, 7) is 0. The zero-order chi connectivity index (χ0) is 16.9. The Morgan fingerprint density at radius 3 is 1.86 bits per heavy atom. The summed E-state index contributed by atoms with van der Waals surface area (Å²) in [5.74, 6) is -0.768. The number of hydrogen-bond donors (Lipinski definition) is 1. The number of carbonyl (C=O) groups is 2. The molecule has 122 valence electrons. The molecule has 1 aliphatic rings. The van der Waals surface area contributed by atoms with Crippen LogP contribution in [-0.4, -0.2) is 68.1 Å². The van der Waals surface area contributed by atoms with Gasteiger partial charge in [0.05, 0.1) is 0 Å². The van der Waals surface area contributed by atoms with Crippen molar-refractivity contribution in [2.75, 3.05) is 42.3 Å². The van der Waals surface area contributed by atoms with Gasteiger partial charge in [-0.05, 0) is 0 Å². The van der Waals surface area contributed by atoms with Crippen molar-refractivity contribution in [3.8, 4) is 0 Å². The Kier molecular flexibility index (Phi) is 4.13. The molecule has 0 saturated heterocycles. The number of fused-ring (bicyclic) bond motifs is 1. The monoisotopic (exact) mass is 344 g/mol. The molecule has 1 aromatic carbocycles. The molecule has 0 atom stereocenters. The summed E-state index contributed by atoms with van der Waals surface area (Å²) in [6.07, 6.45) is -3.47. The second-order valence-corrected chi connectivity index (χ2v) is 12.4. The van der Waals surface area contributed by atoms with E-state index in [2.05, 4.69) is 5.32 Å². The molecule has 0 aliphatic carbocycles. The van der Waals surface area contributed by atoms with Gasteiger partial charge in [0.2, 0.25) is 0 Å². The number of halogens is 1. The van der Waals surface area contributed by atoms with Gasteiger partial charge in [0.15, 0.2) is 0 Å². The van der Waals surface area contributed by atoms with Gasteiger partial charge in [-0.2, -0.15) is 0 Å². The van der Waals surface area contributed by atoms with E-state index in [9.17, 15) is 9.59 Å². The molecule has 6 nitrogen and oxygen atoms in total. The number of nitrogens with one attached hydrogen (secondary N) is 1. The van der Waals surface area contributed by atoms with Gasteiger partial charge in [0.1, 0.15) is 0 Å². The fourth-order valence-electron chi connectivity index (χ4n) is 3.24. The Balaban J connectivity index is 2.94. The maximum atomic E-state index is 12.3. The van der Waals surface area contributed by atoms with E-state index in [1.165, 1.54) is 0 Å². The van der Waals surface area contributed by atoms with Gasteiger partial charge in [-0.1, -0.05) is 0 Å². The Bertz CT molecular complexity index is 636. The summed E-state index contributed by atoms with van der Waals surface area (Å²) >= 11 is 7.34. The van der Waals surface area contributed by atoms with Crippen molar-refractivity contribution in [1.29, 1.82) is 0 Å². The van der Waals surface area contributed by atoms with Crippen molar-refractivity contribution in [3.05, 3.63) is 29.3 Å². The third-order valence-electron chi connectivity index (χ3n) is 4.28. The minimum absolute atomic E-state index is 0.372. The van der Waals surface area contributed by atoms with Gasteiger partial charge < -0.3 is 0 Å². The van der Waals surface area contributed by atoms with Gasteiger partial charge in [-0.3, -0.25) is 0 Å². The van der Waals surface area contributed by atoms with E-state index in [0.29, 0.717) is 16.4 Å². The predicted molar refractivity (Wildman–Crippen MR) is 91.7 cm³/mol. The van der Waals surface area contributed by atoms with Gasteiger partial charge in [-0.25, -0.2) is 0 Å². The number of benzene rings is 1. The SMILES string of the molecule is CN(C)P(Cl)(c1cccc2c1C(=O)NC2=O)(N(C)C)N(C)C. The molecule has 0 aromatic heterocycles. The van der Waals surface area contributed by atoms with E-state index in [1.807, 2.05) is 62.4 Å². The first-order valence-electron chi connectivity index (χ1n) is 6.83. The molecule has 0 saturated carbocycles. The summed E-state index contributed by atoms with van der Waals surface area (Å²) in [5, 5.41) is 3.03. The third-order valence-corrected chi connectivity index (χ3v) is 13.0. The van der Waals surface area contributed by atoms with Crippen LogP contribution in [-0.2, 0) is 0 Å². The number of amides is 2. The molecule has 0 radical (unpaired) electrons. The van der Waals surface area contributed by atoms with E-state index in [0.717, 1.165) is 0 Å². The van der Waals surface area contributed by atoms with Crippen molar-refractivity contribution in [2.45, 2.75) is 0 Å². The summed E-state index contributed by atoms with van der Waals surface area (Å²) in [4.78, 5) is 24.3. The zero-order valence-corrected chi connectivity index (χ0v) is 15.4. The average Bonchev–Trinajstić information content (AvgIpc) is 2.72. The standard InChI is InChI=1S/C14H22ClN4O2P/c1-17(2)22(15,18(3)4,19(5)6)11-9-7-8-10-12(11)14(21)16-13(10)20/h7-9H,1-6H3,(H,16,20,21). The van der Waals surface area contributed by atoms with Crippen LogP contribution in [0, 0.1) is 0 Å². The molecule has 0 bridgehead atoms. The van der Waals surface area contributed by atoms with E-state index < -0.39 is 12.3 Å². The Morgan fingerprint density at radius 2 is 1.41 bits per heavy atom. The number of hydrogen-bond acceptors (Lipinski definition) is 5. The molecule has 1 aromatic rings. The number of imide groups is 1. The zero-order valence-electron chi connectivity index (χ0n) is 13.7. The fraction of sp³-hybridized carbons (Fsp3) is 0.429. The van der Waals surface area contributed by atoms with Crippen LogP contribution in [0.2, 0.25) is 0 Å². The maximum absolute atomic E-state index is 12.3. The average molecular weight is 345 g/mol. The van der Waals surface area contributed by atoms with Gasteiger partial charge >= 0.3 is 135 Å². The Morgan fingerprint density at radius 1 is 0.909 bits per heavy atom. The van der Waals surface area contributed by atoms with E-state index >= 15 is 0 Å². The molecule has 8 heteroatoms. The first-order valence-corrected chi connectivity index (χ1v) is 9.83. The van der Waals surface area contributed by atoms with E-state index in [1.54, 1.807) is 12.1 Å². The van der Waals surface area contributed by atoms with Crippen LogP contribution in [0.1, 0.15) is 20.7 Å². The van der Waals surface area contributed by atoms with E-state index in [-0.39, 0.29) is 5.91 Å².